The summed E-state index contributed by atoms with van der Waals surface area (Å²) in [4.78, 5) is 12.3. The molecule has 0 saturated carbocycles. The standard InChI is InChI=1S/C14H22N8O4S/c15-9-8(1-2-27(23,24)21-7-3-25-4-7)26-14(10(9)16)22-6-20-11-12(17)18-5-19-13(11)22/h5-10,14,21H,1-4,15-16H2,(H2,17,18,19)/t8-,9-,10-,14-/m1/s1. The van der Waals surface area contributed by atoms with Crippen LogP contribution in [0.5, 0.6) is 0 Å². The first-order chi connectivity index (χ1) is 12.9. The Morgan fingerprint density at radius 2 is 2.00 bits per heavy atom. The van der Waals surface area contributed by atoms with E-state index < -0.39 is 34.4 Å². The van der Waals surface area contributed by atoms with Crippen molar-refractivity contribution in [2.45, 2.75) is 36.9 Å². The fraction of sp³-hybridized carbons (Fsp3) is 0.643. The lowest BCUT2D eigenvalue weighted by Crippen LogP contribution is -2.50. The molecule has 0 spiro atoms. The Bertz CT molecular complexity index is 930. The summed E-state index contributed by atoms with van der Waals surface area (Å²) >= 11 is 0. The lowest BCUT2D eigenvalue weighted by Gasteiger charge is -2.26. The monoisotopic (exact) mass is 398 g/mol. The van der Waals surface area contributed by atoms with Crippen molar-refractivity contribution < 1.29 is 17.9 Å². The lowest BCUT2D eigenvalue weighted by atomic mass is 10.0. The molecule has 148 valence electrons. The number of sulfonamides is 1. The third-order valence-corrected chi connectivity index (χ3v) is 6.30. The summed E-state index contributed by atoms with van der Waals surface area (Å²) in [6.45, 7) is 0.786. The van der Waals surface area contributed by atoms with E-state index >= 15 is 0 Å². The van der Waals surface area contributed by atoms with Gasteiger partial charge in [-0.2, -0.15) is 0 Å². The van der Waals surface area contributed by atoms with E-state index in [9.17, 15) is 8.42 Å². The smallest absolute Gasteiger partial charge is 0.212 e. The van der Waals surface area contributed by atoms with Crippen molar-refractivity contribution in [1.82, 2.24) is 24.2 Å². The topological polar surface area (TPSA) is 186 Å². The molecule has 0 unspecified atom stereocenters. The number of ether oxygens (including phenoxy) is 2. The molecule has 2 fully saturated rings. The molecule has 0 bridgehead atoms. The third kappa shape index (κ3) is 3.49. The number of nitrogens with two attached hydrogens (primary N) is 3. The molecule has 0 amide bonds. The minimum Gasteiger partial charge on any atom is -0.382 e. The van der Waals surface area contributed by atoms with Crippen LogP contribution < -0.4 is 21.9 Å². The van der Waals surface area contributed by atoms with E-state index in [0.717, 1.165) is 0 Å². The summed E-state index contributed by atoms with van der Waals surface area (Å²) in [5.74, 6) is 0.143. The van der Waals surface area contributed by atoms with Gasteiger partial charge in [-0.1, -0.05) is 0 Å². The number of imidazole rings is 1. The molecular weight excluding hydrogens is 376 g/mol. The molecule has 2 aromatic heterocycles. The first-order valence-electron chi connectivity index (χ1n) is 8.53. The maximum atomic E-state index is 12.2. The van der Waals surface area contributed by atoms with Crippen LogP contribution in [0.25, 0.3) is 11.2 Å². The fourth-order valence-electron chi connectivity index (χ4n) is 3.25. The normalized spacial score (nSPS) is 29.3. The molecule has 2 aliphatic rings. The molecule has 2 saturated heterocycles. The number of hydrogen-bond donors (Lipinski definition) is 4. The van der Waals surface area contributed by atoms with Gasteiger partial charge in [-0.05, 0) is 6.42 Å². The van der Waals surface area contributed by atoms with Crippen molar-refractivity contribution in [2.75, 3.05) is 24.7 Å². The molecule has 13 heteroatoms. The number of rotatable bonds is 6. The largest absolute Gasteiger partial charge is 0.382 e. The van der Waals surface area contributed by atoms with Gasteiger partial charge >= 0.3 is 0 Å². The van der Waals surface area contributed by atoms with Crippen LogP contribution in [0.3, 0.4) is 0 Å². The average molecular weight is 398 g/mol. The SMILES string of the molecule is Nc1ncnc2c1ncn2[C@@H]1O[C@H](CCS(=O)(=O)NC2COC2)[C@@H](N)[C@H]1N. The maximum Gasteiger partial charge on any atom is 0.212 e. The summed E-state index contributed by atoms with van der Waals surface area (Å²) in [6, 6.07) is -1.25. The molecule has 4 heterocycles. The van der Waals surface area contributed by atoms with Crippen LogP contribution in [-0.4, -0.2) is 71.1 Å². The maximum absolute atomic E-state index is 12.2. The predicted octanol–water partition coefficient (Wildman–Crippen LogP) is -2.33. The number of nitrogens with zero attached hydrogens (tertiary/aromatic N) is 4. The Morgan fingerprint density at radius 1 is 1.22 bits per heavy atom. The highest BCUT2D eigenvalue weighted by Gasteiger charge is 2.42. The lowest BCUT2D eigenvalue weighted by molar-refractivity contribution is -0.00346. The molecule has 27 heavy (non-hydrogen) atoms. The first-order valence-corrected chi connectivity index (χ1v) is 10.2. The Hall–Kier alpha value is -1.90. The predicted molar refractivity (Wildman–Crippen MR) is 95.7 cm³/mol. The van der Waals surface area contributed by atoms with Crippen molar-refractivity contribution in [3.8, 4) is 0 Å². The molecule has 7 N–H and O–H groups in total. The highest BCUT2D eigenvalue weighted by Crippen LogP contribution is 2.31. The number of fused-ring (bicyclic) bond motifs is 1. The quantitative estimate of drug-likeness (QED) is 0.411. The third-order valence-electron chi connectivity index (χ3n) is 4.83. The molecule has 12 nitrogen and oxygen atoms in total. The minimum atomic E-state index is -3.44. The zero-order valence-electron chi connectivity index (χ0n) is 14.4. The van der Waals surface area contributed by atoms with Crippen LogP contribution in [-0.2, 0) is 19.5 Å². The van der Waals surface area contributed by atoms with Crippen molar-refractivity contribution in [2.24, 2.45) is 11.5 Å². The van der Waals surface area contributed by atoms with Gasteiger partial charge in [0.25, 0.3) is 0 Å². The Labute approximate surface area is 155 Å². The van der Waals surface area contributed by atoms with Crippen LogP contribution in [0.1, 0.15) is 12.6 Å². The van der Waals surface area contributed by atoms with Gasteiger partial charge in [-0.3, -0.25) is 4.57 Å². The Morgan fingerprint density at radius 3 is 2.70 bits per heavy atom. The van der Waals surface area contributed by atoms with Crippen molar-refractivity contribution in [3.63, 3.8) is 0 Å². The van der Waals surface area contributed by atoms with Crippen molar-refractivity contribution in [1.29, 1.82) is 0 Å². The van der Waals surface area contributed by atoms with Gasteiger partial charge in [0.15, 0.2) is 17.7 Å². The van der Waals surface area contributed by atoms with Gasteiger partial charge in [0.2, 0.25) is 10.0 Å². The second kappa shape index (κ2) is 6.92. The van der Waals surface area contributed by atoms with Crippen LogP contribution in [0.2, 0.25) is 0 Å². The highest BCUT2D eigenvalue weighted by molar-refractivity contribution is 7.89. The summed E-state index contributed by atoms with van der Waals surface area (Å²) in [5, 5.41) is 0. The number of aromatic nitrogens is 4. The first kappa shape index (κ1) is 18.5. The highest BCUT2D eigenvalue weighted by atomic mass is 32.2. The van der Waals surface area contributed by atoms with Gasteiger partial charge in [-0.15, -0.1) is 0 Å². The summed E-state index contributed by atoms with van der Waals surface area (Å²) in [6.07, 6.45) is 1.93. The zero-order chi connectivity index (χ0) is 19.2. The second-order valence-electron chi connectivity index (χ2n) is 6.76. The van der Waals surface area contributed by atoms with E-state index in [-0.39, 0.29) is 24.0 Å². The minimum absolute atomic E-state index is 0.110. The summed E-state index contributed by atoms with van der Waals surface area (Å²) in [7, 11) is -3.44. The van der Waals surface area contributed by atoms with E-state index in [4.69, 9.17) is 26.7 Å². The van der Waals surface area contributed by atoms with E-state index in [1.807, 2.05) is 0 Å². The molecule has 4 atom stereocenters. The van der Waals surface area contributed by atoms with Gasteiger partial charge in [0.05, 0.1) is 49.5 Å². The number of nitrogen functional groups attached to an aromatic ring is 1. The van der Waals surface area contributed by atoms with E-state index in [2.05, 4.69) is 19.7 Å². The van der Waals surface area contributed by atoms with Crippen LogP contribution in [0.4, 0.5) is 5.82 Å². The van der Waals surface area contributed by atoms with E-state index in [0.29, 0.717) is 24.4 Å². The summed E-state index contributed by atoms with van der Waals surface area (Å²) < 4.78 is 39.5. The molecule has 4 rings (SSSR count). The van der Waals surface area contributed by atoms with Crippen LogP contribution >= 0.6 is 0 Å². The second-order valence-corrected chi connectivity index (χ2v) is 8.64. The average Bonchev–Trinajstić information content (AvgIpc) is 3.13. The van der Waals surface area contributed by atoms with Gasteiger partial charge < -0.3 is 26.7 Å². The molecule has 2 aliphatic heterocycles. The van der Waals surface area contributed by atoms with E-state index in [1.165, 1.54) is 12.7 Å². The van der Waals surface area contributed by atoms with E-state index in [1.54, 1.807) is 4.57 Å². The molecule has 0 aromatic carbocycles. The van der Waals surface area contributed by atoms with Gasteiger partial charge in [0, 0.05) is 0 Å². The fourth-order valence-corrected chi connectivity index (χ4v) is 4.56. The Kier molecular flexibility index (Phi) is 4.73. The van der Waals surface area contributed by atoms with Gasteiger partial charge in [-0.25, -0.2) is 28.1 Å². The molecule has 2 aromatic rings. The van der Waals surface area contributed by atoms with Crippen LogP contribution in [0.15, 0.2) is 12.7 Å². The zero-order valence-corrected chi connectivity index (χ0v) is 15.2. The number of anilines is 1. The van der Waals surface area contributed by atoms with Crippen molar-refractivity contribution >= 4 is 27.0 Å². The summed E-state index contributed by atoms with van der Waals surface area (Å²) in [5.41, 5.74) is 19.1. The van der Waals surface area contributed by atoms with Crippen molar-refractivity contribution in [3.05, 3.63) is 12.7 Å². The number of nitrogens with one attached hydrogen (secondary N) is 1. The number of hydrogen-bond acceptors (Lipinski definition) is 10. The molecular formula is C14H22N8O4S. The molecule has 0 aliphatic carbocycles. The Balaban J connectivity index is 1.46. The van der Waals surface area contributed by atoms with Gasteiger partial charge in [0.1, 0.15) is 11.8 Å². The molecule has 0 radical (unpaired) electrons. The van der Waals surface area contributed by atoms with Crippen LogP contribution in [0, 0.1) is 0 Å².